The third kappa shape index (κ3) is 2.25. The van der Waals surface area contributed by atoms with Gasteiger partial charge in [0.05, 0.1) is 5.56 Å². The molecule has 14 heavy (non-hydrogen) atoms. The molecule has 0 spiro atoms. The molecule has 0 fully saturated rings. The molecule has 0 aliphatic heterocycles. The predicted octanol–water partition coefficient (Wildman–Crippen LogP) is 1.79. The smallest absolute Gasteiger partial charge is 0.253 e. The molecule has 0 radical (unpaired) electrons. The second-order valence-electron chi connectivity index (χ2n) is 3.16. The number of anilines is 1. The highest BCUT2D eigenvalue weighted by Gasteiger charge is 2.08. The molecular weight excluding hydrogens is 176 g/mol. The SMILES string of the molecule is CCNC(=O)c1ccc(C)cc1NC. The fraction of sp³-hybridized carbons (Fsp3) is 0.364. The molecule has 2 N–H and O–H groups in total. The minimum atomic E-state index is -0.0307. The monoisotopic (exact) mass is 192 g/mol. The van der Waals surface area contributed by atoms with Gasteiger partial charge < -0.3 is 10.6 Å². The summed E-state index contributed by atoms with van der Waals surface area (Å²) in [7, 11) is 1.82. The highest BCUT2D eigenvalue weighted by Crippen LogP contribution is 2.16. The van der Waals surface area contributed by atoms with Crippen LogP contribution in [0.4, 0.5) is 5.69 Å². The second kappa shape index (κ2) is 4.65. The lowest BCUT2D eigenvalue weighted by molar-refractivity contribution is 0.0956. The van der Waals surface area contributed by atoms with Gasteiger partial charge in [-0.1, -0.05) is 6.07 Å². The number of aryl methyl sites for hydroxylation is 1. The maximum atomic E-state index is 11.6. The quantitative estimate of drug-likeness (QED) is 0.766. The molecule has 76 valence electrons. The predicted molar refractivity (Wildman–Crippen MR) is 58.7 cm³/mol. The van der Waals surface area contributed by atoms with Gasteiger partial charge in [0.15, 0.2) is 0 Å². The van der Waals surface area contributed by atoms with Crippen LogP contribution in [0.2, 0.25) is 0 Å². The molecule has 0 aromatic heterocycles. The van der Waals surface area contributed by atoms with Gasteiger partial charge in [0.2, 0.25) is 0 Å². The molecule has 1 aromatic carbocycles. The summed E-state index contributed by atoms with van der Waals surface area (Å²) >= 11 is 0. The fourth-order valence-corrected chi connectivity index (χ4v) is 1.32. The lowest BCUT2D eigenvalue weighted by Crippen LogP contribution is -2.23. The van der Waals surface area contributed by atoms with Crippen molar-refractivity contribution < 1.29 is 4.79 Å². The van der Waals surface area contributed by atoms with Crippen LogP contribution in [-0.4, -0.2) is 19.5 Å². The van der Waals surface area contributed by atoms with E-state index in [1.165, 1.54) is 0 Å². The van der Waals surface area contributed by atoms with E-state index in [2.05, 4.69) is 10.6 Å². The number of hydrogen-bond donors (Lipinski definition) is 2. The minimum Gasteiger partial charge on any atom is -0.387 e. The number of hydrogen-bond acceptors (Lipinski definition) is 2. The zero-order valence-electron chi connectivity index (χ0n) is 8.85. The molecule has 0 saturated heterocycles. The van der Waals surface area contributed by atoms with E-state index in [1.54, 1.807) is 0 Å². The van der Waals surface area contributed by atoms with Gasteiger partial charge in [-0.3, -0.25) is 4.79 Å². The van der Waals surface area contributed by atoms with Crippen molar-refractivity contribution in [1.29, 1.82) is 0 Å². The summed E-state index contributed by atoms with van der Waals surface area (Å²) in [6, 6.07) is 5.74. The molecule has 0 bridgehead atoms. The number of benzene rings is 1. The summed E-state index contributed by atoms with van der Waals surface area (Å²) < 4.78 is 0. The summed E-state index contributed by atoms with van der Waals surface area (Å²) in [4.78, 5) is 11.6. The number of nitrogens with one attached hydrogen (secondary N) is 2. The van der Waals surface area contributed by atoms with Crippen LogP contribution in [0.1, 0.15) is 22.8 Å². The zero-order valence-corrected chi connectivity index (χ0v) is 8.85. The molecule has 1 rings (SSSR count). The number of rotatable bonds is 3. The largest absolute Gasteiger partial charge is 0.387 e. The van der Waals surface area contributed by atoms with Crippen LogP contribution >= 0.6 is 0 Å². The molecule has 0 aliphatic carbocycles. The Kier molecular flexibility index (Phi) is 3.51. The van der Waals surface area contributed by atoms with Crippen molar-refractivity contribution in [3.05, 3.63) is 29.3 Å². The van der Waals surface area contributed by atoms with Gasteiger partial charge >= 0.3 is 0 Å². The molecule has 0 saturated carbocycles. The Morgan fingerprint density at radius 2 is 2.14 bits per heavy atom. The average Bonchev–Trinajstić information content (AvgIpc) is 2.17. The van der Waals surface area contributed by atoms with E-state index >= 15 is 0 Å². The first-order valence-electron chi connectivity index (χ1n) is 4.75. The zero-order chi connectivity index (χ0) is 10.6. The van der Waals surface area contributed by atoms with Crippen molar-refractivity contribution in [1.82, 2.24) is 5.32 Å². The van der Waals surface area contributed by atoms with Gasteiger partial charge in [-0.25, -0.2) is 0 Å². The Morgan fingerprint density at radius 1 is 1.43 bits per heavy atom. The van der Waals surface area contributed by atoms with E-state index in [0.717, 1.165) is 11.3 Å². The maximum absolute atomic E-state index is 11.6. The number of amides is 1. The normalized spacial score (nSPS) is 9.64. The molecule has 3 nitrogen and oxygen atoms in total. The van der Waals surface area contributed by atoms with Gasteiger partial charge in [-0.05, 0) is 31.5 Å². The lowest BCUT2D eigenvalue weighted by atomic mass is 10.1. The van der Waals surface area contributed by atoms with Crippen LogP contribution in [0, 0.1) is 6.92 Å². The average molecular weight is 192 g/mol. The highest BCUT2D eigenvalue weighted by atomic mass is 16.1. The van der Waals surface area contributed by atoms with Crippen molar-refractivity contribution in [3.8, 4) is 0 Å². The first-order valence-corrected chi connectivity index (χ1v) is 4.75. The van der Waals surface area contributed by atoms with Gasteiger partial charge in [-0.15, -0.1) is 0 Å². The van der Waals surface area contributed by atoms with Crippen LogP contribution < -0.4 is 10.6 Å². The summed E-state index contributed by atoms with van der Waals surface area (Å²) in [6.45, 7) is 4.56. The van der Waals surface area contributed by atoms with Crippen molar-refractivity contribution in [2.75, 3.05) is 18.9 Å². The fourth-order valence-electron chi connectivity index (χ4n) is 1.32. The first-order chi connectivity index (χ1) is 6.69. The Labute approximate surface area is 84.5 Å². The Hall–Kier alpha value is -1.51. The lowest BCUT2D eigenvalue weighted by Gasteiger charge is -2.09. The van der Waals surface area contributed by atoms with Crippen molar-refractivity contribution in [3.63, 3.8) is 0 Å². The third-order valence-corrected chi connectivity index (χ3v) is 2.03. The molecule has 0 unspecified atom stereocenters. The van der Waals surface area contributed by atoms with E-state index in [4.69, 9.17) is 0 Å². The van der Waals surface area contributed by atoms with Gasteiger partial charge in [-0.2, -0.15) is 0 Å². The Bertz CT molecular complexity index is 334. The van der Waals surface area contributed by atoms with Crippen molar-refractivity contribution in [2.45, 2.75) is 13.8 Å². The molecule has 0 heterocycles. The maximum Gasteiger partial charge on any atom is 0.253 e. The van der Waals surface area contributed by atoms with Crippen LogP contribution in [0.25, 0.3) is 0 Å². The molecule has 1 amide bonds. The molecule has 1 aromatic rings. The molecule has 0 atom stereocenters. The summed E-state index contributed by atoms with van der Waals surface area (Å²) in [5, 5.41) is 5.79. The molecule has 0 aliphatic rings. The van der Waals surface area contributed by atoms with Crippen LogP contribution in [-0.2, 0) is 0 Å². The number of carbonyl (C=O) groups excluding carboxylic acids is 1. The molecule has 3 heteroatoms. The van der Waals surface area contributed by atoms with Gasteiger partial charge in [0, 0.05) is 19.3 Å². The van der Waals surface area contributed by atoms with E-state index < -0.39 is 0 Å². The van der Waals surface area contributed by atoms with Crippen LogP contribution in [0.3, 0.4) is 0 Å². The van der Waals surface area contributed by atoms with Crippen LogP contribution in [0.15, 0.2) is 18.2 Å². The first kappa shape index (κ1) is 10.6. The van der Waals surface area contributed by atoms with Gasteiger partial charge in [0.25, 0.3) is 5.91 Å². The van der Waals surface area contributed by atoms with Crippen LogP contribution in [0.5, 0.6) is 0 Å². The van der Waals surface area contributed by atoms with Crippen molar-refractivity contribution >= 4 is 11.6 Å². The minimum absolute atomic E-state index is 0.0307. The second-order valence-corrected chi connectivity index (χ2v) is 3.16. The Balaban J connectivity index is 3.01. The third-order valence-electron chi connectivity index (χ3n) is 2.03. The van der Waals surface area contributed by atoms with Crippen molar-refractivity contribution in [2.24, 2.45) is 0 Å². The topological polar surface area (TPSA) is 41.1 Å². The summed E-state index contributed by atoms with van der Waals surface area (Å²) in [5.74, 6) is -0.0307. The standard InChI is InChI=1S/C11H16N2O/c1-4-13-11(14)9-6-5-8(2)7-10(9)12-3/h5-7,12H,4H2,1-3H3,(H,13,14). The summed E-state index contributed by atoms with van der Waals surface area (Å²) in [5.41, 5.74) is 2.71. The van der Waals surface area contributed by atoms with Gasteiger partial charge in [0.1, 0.15) is 0 Å². The van der Waals surface area contributed by atoms with E-state index in [9.17, 15) is 4.79 Å². The van der Waals surface area contributed by atoms with E-state index in [1.807, 2.05) is 39.1 Å². The number of carbonyl (C=O) groups is 1. The molecular formula is C11H16N2O. The van der Waals surface area contributed by atoms with E-state index in [-0.39, 0.29) is 5.91 Å². The summed E-state index contributed by atoms with van der Waals surface area (Å²) in [6.07, 6.45) is 0. The van der Waals surface area contributed by atoms with E-state index in [0.29, 0.717) is 12.1 Å². The highest BCUT2D eigenvalue weighted by molar-refractivity contribution is 5.99. The Morgan fingerprint density at radius 3 is 2.71 bits per heavy atom.